The molecule has 0 bridgehead atoms. The number of Topliss-reactive ketones (excluding diaryl/α,β-unsaturated/α-hetero) is 1. The fourth-order valence-electron chi connectivity index (χ4n) is 4.62. The maximum atomic E-state index is 13.8. The summed E-state index contributed by atoms with van der Waals surface area (Å²) < 4.78 is 19.7. The van der Waals surface area contributed by atoms with Gasteiger partial charge < -0.3 is 9.84 Å². The lowest BCUT2D eigenvalue weighted by Gasteiger charge is -2.27. The van der Waals surface area contributed by atoms with Crippen LogP contribution in [0, 0.1) is 30.5 Å². The minimum Gasteiger partial charge on any atom is -0.493 e. The number of aliphatic hydroxyl groups is 1. The van der Waals surface area contributed by atoms with E-state index in [9.17, 15) is 9.18 Å². The molecule has 0 aliphatic carbocycles. The Bertz CT molecular complexity index is 1240. The van der Waals surface area contributed by atoms with Crippen molar-refractivity contribution >= 4 is 11.4 Å². The molecule has 0 spiro atoms. The summed E-state index contributed by atoms with van der Waals surface area (Å²) >= 11 is 0. The van der Waals surface area contributed by atoms with Gasteiger partial charge in [-0.15, -0.1) is 0 Å². The van der Waals surface area contributed by atoms with Crippen LogP contribution in [0.5, 0.6) is 5.75 Å². The van der Waals surface area contributed by atoms with Gasteiger partial charge in [0.2, 0.25) is 0 Å². The van der Waals surface area contributed by atoms with Crippen LogP contribution < -0.4 is 4.74 Å². The molecule has 1 aliphatic rings. The van der Waals surface area contributed by atoms with Crippen LogP contribution in [0.3, 0.4) is 0 Å². The molecule has 1 aromatic heterocycles. The number of carbonyl (C=O) groups excluding carboxylic acids is 1. The number of ketones is 1. The van der Waals surface area contributed by atoms with Crippen molar-refractivity contribution < 1.29 is 19.0 Å². The summed E-state index contributed by atoms with van der Waals surface area (Å²) in [6, 6.07) is 4.49. The summed E-state index contributed by atoms with van der Waals surface area (Å²) in [6.45, 7) is 19.5. The van der Waals surface area contributed by atoms with Gasteiger partial charge in [-0.25, -0.2) is 4.39 Å². The van der Waals surface area contributed by atoms with Crippen LogP contribution in [0.15, 0.2) is 65.9 Å². The van der Waals surface area contributed by atoms with Gasteiger partial charge in [-0.05, 0) is 91.8 Å². The fourth-order valence-corrected chi connectivity index (χ4v) is 4.62. The van der Waals surface area contributed by atoms with Gasteiger partial charge in [-0.1, -0.05) is 59.4 Å². The van der Waals surface area contributed by atoms with Crippen LogP contribution in [-0.4, -0.2) is 34.3 Å². The number of fused-ring (bicyclic) bond motifs is 1. The van der Waals surface area contributed by atoms with Gasteiger partial charge >= 0.3 is 0 Å². The summed E-state index contributed by atoms with van der Waals surface area (Å²) in [5.74, 6) is 0.485. The zero-order valence-electron chi connectivity index (χ0n) is 25.3. The lowest BCUT2D eigenvalue weighted by molar-refractivity contribution is -0.120. The molecule has 1 aromatic carbocycles. The number of aliphatic hydroxyl groups excluding tert-OH is 1. The highest BCUT2D eigenvalue weighted by molar-refractivity contribution is 6.02. The van der Waals surface area contributed by atoms with E-state index in [0.29, 0.717) is 30.3 Å². The van der Waals surface area contributed by atoms with Crippen molar-refractivity contribution in [2.24, 2.45) is 17.8 Å². The third-order valence-corrected chi connectivity index (χ3v) is 7.63. The molecule has 2 N–H and O–H groups in total. The highest BCUT2D eigenvalue weighted by atomic mass is 19.1. The number of aromatic amines is 1. The van der Waals surface area contributed by atoms with Gasteiger partial charge in [0, 0.05) is 23.4 Å². The summed E-state index contributed by atoms with van der Waals surface area (Å²) in [4.78, 5) is 13.8. The molecule has 3 unspecified atom stereocenters. The minimum atomic E-state index is -0.382. The van der Waals surface area contributed by atoms with Gasteiger partial charge in [0.25, 0.3) is 0 Å². The van der Waals surface area contributed by atoms with Gasteiger partial charge in [-0.2, -0.15) is 5.10 Å². The zero-order valence-corrected chi connectivity index (χ0v) is 25.3. The van der Waals surface area contributed by atoms with Crippen LogP contribution in [0.25, 0.3) is 5.57 Å². The van der Waals surface area contributed by atoms with Gasteiger partial charge in [0.05, 0.1) is 18.7 Å². The maximum absolute atomic E-state index is 13.8. The standard InChI is InChI=1S/C31H39FN2O2.C3H8O/c1-8-19(4)21(6)28(13-12-27(20(5)9-2)29-17-33-34-22(29)7)26(10-3)31(35)24-15-23-16-25(32)11-14-30(23)36-18-24;1-2-3-4/h10-14,16-17,19-20,24H,6,8-9,15,18H2,1-5,7H3,(H,33,34);4H,2-3H2,1H3/b26-10+,27-12+,28-13+;. The van der Waals surface area contributed by atoms with E-state index in [1.165, 1.54) is 17.7 Å². The van der Waals surface area contributed by atoms with E-state index in [1.54, 1.807) is 6.07 Å². The molecule has 0 saturated carbocycles. The molecule has 2 aromatic rings. The second-order valence-electron chi connectivity index (χ2n) is 10.5. The van der Waals surface area contributed by atoms with Crippen molar-refractivity contribution in [1.29, 1.82) is 0 Å². The molecule has 0 radical (unpaired) electrons. The molecular formula is C34H47FN2O3. The van der Waals surface area contributed by atoms with Crippen molar-refractivity contribution in [2.45, 2.75) is 74.1 Å². The number of ether oxygens (including phenoxy) is 1. The number of hydrogen-bond acceptors (Lipinski definition) is 4. The number of aryl methyl sites for hydroxylation is 1. The van der Waals surface area contributed by atoms with Crippen LogP contribution in [0.4, 0.5) is 4.39 Å². The minimum absolute atomic E-state index is 0.00101. The second-order valence-corrected chi connectivity index (χ2v) is 10.5. The Labute approximate surface area is 239 Å². The number of aromatic nitrogens is 2. The molecule has 3 rings (SSSR count). The van der Waals surface area contributed by atoms with Gasteiger partial charge in [-0.3, -0.25) is 9.89 Å². The largest absolute Gasteiger partial charge is 0.493 e. The van der Waals surface area contributed by atoms with Gasteiger partial charge in [0.15, 0.2) is 5.78 Å². The smallest absolute Gasteiger partial charge is 0.169 e. The maximum Gasteiger partial charge on any atom is 0.169 e. The lowest BCUT2D eigenvalue weighted by atomic mass is 9.81. The Kier molecular flexibility index (Phi) is 13.3. The van der Waals surface area contributed by atoms with Crippen LogP contribution >= 0.6 is 0 Å². The molecule has 0 fully saturated rings. The van der Waals surface area contributed by atoms with Gasteiger partial charge in [0.1, 0.15) is 11.6 Å². The van der Waals surface area contributed by atoms with Crippen molar-refractivity contribution in [2.75, 3.05) is 13.2 Å². The topological polar surface area (TPSA) is 75.2 Å². The number of nitrogens with zero attached hydrogens (tertiary/aromatic N) is 1. The molecule has 218 valence electrons. The van der Waals surface area contributed by atoms with E-state index in [4.69, 9.17) is 9.84 Å². The first-order valence-corrected chi connectivity index (χ1v) is 14.5. The Balaban J connectivity index is 0.00000131. The highest BCUT2D eigenvalue weighted by Crippen LogP contribution is 2.34. The normalized spacial score (nSPS) is 17.2. The first kappa shape index (κ1) is 33.0. The molecular weight excluding hydrogens is 503 g/mol. The lowest BCUT2D eigenvalue weighted by Crippen LogP contribution is -2.30. The average Bonchev–Trinajstić information content (AvgIpc) is 3.40. The third-order valence-electron chi connectivity index (χ3n) is 7.63. The number of rotatable bonds is 11. The van der Waals surface area contributed by atoms with Crippen LogP contribution in [0.2, 0.25) is 0 Å². The van der Waals surface area contributed by atoms with E-state index in [-0.39, 0.29) is 30.0 Å². The summed E-state index contributed by atoms with van der Waals surface area (Å²) in [5.41, 5.74) is 6.43. The number of H-pyrrole nitrogens is 1. The van der Waals surface area contributed by atoms with Crippen molar-refractivity contribution in [3.05, 3.63) is 88.6 Å². The molecule has 2 heterocycles. The van der Waals surface area contributed by atoms with E-state index in [0.717, 1.165) is 47.2 Å². The molecule has 1 aliphatic heterocycles. The number of halogens is 1. The zero-order chi connectivity index (χ0) is 29.8. The number of carbonyl (C=O) groups is 1. The Morgan fingerprint density at radius 2 is 1.88 bits per heavy atom. The number of benzene rings is 1. The van der Waals surface area contributed by atoms with Crippen molar-refractivity contribution in [3.63, 3.8) is 0 Å². The quantitative estimate of drug-likeness (QED) is 0.220. The number of hydrogen-bond donors (Lipinski definition) is 2. The molecule has 6 heteroatoms. The summed E-state index contributed by atoms with van der Waals surface area (Å²) in [7, 11) is 0. The molecule has 0 amide bonds. The number of allylic oxidation sites excluding steroid dienone is 7. The van der Waals surface area contributed by atoms with E-state index < -0.39 is 0 Å². The summed E-state index contributed by atoms with van der Waals surface area (Å²) in [6.07, 6.45) is 11.1. The predicted octanol–water partition coefficient (Wildman–Crippen LogP) is 7.97. The second kappa shape index (κ2) is 16.1. The molecule has 40 heavy (non-hydrogen) atoms. The SMILES string of the molecule is C=C(C(=C\C=C(\c1cn[nH]c1C)C(C)CC)/C(=C\C)C(=O)C1COc2ccc(F)cc2C1)C(C)CC.CCCO. The average molecular weight is 551 g/mol. The molecule has 3 atom stereocenters. The third kappa shape index (κ3) is 8.37. The highest BCUT2D eigenvalue weighted by Gasteiger charge is 2.30. The Hall–Kier alpha value is -3.25. The van der Waals surface area contributed by atoms with E-state index >= 15 is 0 Å². The van der Waals surface area contributed by atoms with Crippen LogP contribution in [-0.2, 0) is 11.2 Å². The monoisotopic (exact) mass is 550 g/mol. The van der Waals surface area contributed by atoms with Crippen LogP contribution in [0.1, 0.15) is 77.6 Å². The summed E-state index contributed by atoms with van der Waals surface area (Å²) in [5, 5.41) is 15.1. The van der Waals surface area contributed by atoms with E-state index in [1.807, 2.05) is 39.1 Å². The Morgan fingerprint density at radius 1 is 1.20 bits per heavy atom. The van der Waals surface area contributed by atoms with E-state index in [2.05, 4.69) is 50.5 Å². The molecule has 5 nitrogen and oxygen atoms in total. The first-order valence-electron chi connectivity index (χ1n) is 14.5. The van der Waals surface area contributed by atoms with Crippen molar-refractivity contribution in [3.8, 4) is 5.75 Å². The fraction of sp³-hybridized carbons (Fsp3) is 0.471. The van der Waals surface area contributed by atoms with Crippen molar-refractivity contribution in [1.82, 2.24) is 10.2 Å². The predicted molar refractivity (Wildman–Crippen MR) is 163 cm³/mol. The Morgan fingerprint density at radius 3 is 2.42 bits per heavy atom. The molecule has 0 saturated heterocycles. The number of nitrogens with one attached hydrogen (secondary N) is 1. The first-order chi connectivity index (χ1) is 19.1.